The standard InChI is InChI=1S/C16H23N/c1-17-12-6-10-14-9-5-11-15(16(14)17)13-7-3-2-4-8-13/h2-4,7-8,14-16H,5-6,9-12H2,1H3/t14-,15+,16-/m0/s1. The maximum Gasteiger partial charge on any atom is 0.0189 e. The maximum atomic E-state index is 2.63. The Bertz CT molecular complexity index is 357. The molecule has 0 spiro atoms. The highest BCUT2D eigenvalue weighted by Crippen LogP contribution is 2.42. The van der Waals surface area contributed by atoms with Crippen molar-refractivity contribution in [2.24, 2.45) is 5.92 Å². The average molecular weight is 229 g/mol. The minimum atomic E-state index is 0.778. The number of likely N-dealkylation sites (N-methyl/N-ethyl adjacent to an activating group) is 1. The van der Waals surface area contributed by atoms with Gasteiger partial charge in [-0.1, -0.05) is 36.8 Å². The van der Waals surface area contributed by atoms with Crippen molar-refractivity contribution >= 4 is 0 Å². The summed E-state index contributed by atoms with van der Waals surface area (Å²) in [7, 11) is 2.33. The lowest BCUT2D eigenvalue weighted by Gasteiger charge is -2.47. The molecule has 1 saturated carbocycles. The first-order valence-corrected chi connectivity index (χ1v) is 7.11. The molecule has 1 aliphatic heterocycles. The van der Waals surface area contributed by atoms with Crippen LogP contribution in [0.25, 0.3) is 0 Å². The second-order valence-corrected chi connectivity index (χ2v) is 5.82. The van der Waals surface area contributed by atoms with Gasteiger partial charge in [0, 0.05) is 6.04 Å². The summed E-state index contributed by atoms with van der Waals surface area (Å²) < 4.78 is 0. The topological polar surface area (TPSA) is 3.24 Å². The van der Waals surface area contributed by atoms with Gasteiger partial charge in [-0.15, -0.1) is 0 Å². The van der Waals surface area contributed by atoms with Gasteiger partial charge in [-0.2, -0.15) is 0 Å². The van der Waals surface area contributed by atoms with Gasteiger partial charge in [-0.3, -0.25) is 0 Å². The molecule has 1 heterocycles. The highest BCUT2D eigenvalue weighted by Gasteiger charge is 2.38. The van der Waals surface area contributed by atoms with Gasteiger partial charge < -0.3 is 4.90 Å². The molecule has 0 N–H and O–H groups in total. The molecule has 0 radical (unpaired) electrons. The quantitative estimate of drug-likeness (QED) is 0.710. The molecule has 0 bridgehead atoms. The Morgan fingerprint density at radius 3 is 2.59 bits per heavy atom. The minimum Gasteiger partial charge on any atom is -0.303 e. The highest BCUT2D eigenvalue weighted by atomic mass is 15.1. The molecule has 3 rings (SSSR count). The summed E-state index contributed by atoms with van der Waals surface area (Å²) in [5.74, 6) is 1.73. The Morgan fingerprint density at radius 1 is 1.00 bits per heavy atom. The van der Waals surface area contributed by atoms with Crippen LogP contribution in [0.2, 0.25) is 0 Å². The third-order valence-electron chi connectivity index (χ3n) is 4.81. The lowest BCUT2D eigenvalue weighted by atomic mass is 9.70. The van der Waals surface area contributed by atoms with Crippen molar-refractivity contribution in [2.45, 2.75) is 44.1 Å². The molecule has 0 aromatic heterocycles. The van der Waals surface area contributed by atoms with Crippen LogP contribution in [0.3, 0.4) is 0 Å². The third kappa shape index (κ3) is 2.13. The van der Waals surface area contributed by atoms with Crippen molar-refractivity contribution in [1.82, 2.24) is 4.90 Å². The Balaban J connectivity index is 1.87. The van der Waals surface area contributed by atoms with Crippen molar-refractivity contribution < 1.29 is 0 Å². The fourth-order valence-corrected chi connectivity index (χ4v) is 4.07. The van der Waals surface area contributed by atoms with Gasteiger partial charge >= 0.3 is 0 Å². The smallest absolute Gasteiger partial charge is 0.0189 e. The summed E-state index contributed by atoms with van der Waals surface area (Å²) in [5.41, 5.74) is 1.57. The summed E-state index contributed by atoms with van der Waals surface area (Å²) >= 11 is 0. The van der Waals surface area contributed by atoms with E-state index in [1.54, 1.807) is 5.56 Å². The minimum absolute atomic E-state index is 0.778. The average Bonchev–Trinajstić information content (AvgIpc) is 2.39. The second kappa shape index (κ2) is 4.81. The van der Waals surface area contributed by atoms with Crippen molar-refractivity contribution in [3.05, 3.63) is 35.9 Å². The molecule has 0 amide bonds. The van der Waals surface area contributed by atoms with E-state index in [-0.39, 0.29) is 0 Å². The van der Waals surface area contributed by atoms with E-state index >= 15 is 0 Å². The number of fused-ring (bicyclic) bond motifs is 1. The molecule has 17 heavy (non-hydrogen) atoms. The Labute approximate surface area is 105 Å². The van der Waals surface area contributed by atoms with E-state index in [2.05, 4.69) is 42.3 Å². The van der Waals surface area contributed by atoms with Crippen LogP contribution in [0.5, 0.6) is 0 Å². The summed E-state index contributed by atoms with van der Waals surface area (Å²) in [5, 5.41) is 0. The van der Waals surface area contributed by atoms with E-state index in [9.17, 15) is 0 Å². The van der Waals surface area contributed by atoms with Crippen molar-refractivity contribution in [1.29, 1.82) is 0 Å². The largest absolute Gasteiger partial charge is 0.303 e. The Hall–Kier alpha value is -0.820. The van der Waals surface area contributed by atoms with Gasteiger partial charge in [0.25, 0.3) is 0 Å². The predicted molar refractivity (Wildman–Crippen MR) is 72.2 cm³/mol. The fourth-order valence-electron chi connectivity index (χ4n) is 4.07. The lowest BCUT2D eigenvalue weighted by Crippen LogP contribution is -2.48. The first-order valence-electron chi connectivity index (χ1n) is 7.11. The van der Waals surface area contributed by atoms with Crippen molar-refractivity contribution in [3.63, 3.8) is 0 Å². The van der Waals surface area contributed by atoms with Crippen LogP contribution < -0.4 is 0 Å². The van der Waals surface area contributed by atoms with Gasteiger partial charge in [0.05, 0.1) is 0 Å². The number of hydrogen-bond donors (Lipinski definition) is 0. The molecule has 1 aromatic rings. The maximum absolute atomic E-state index is 2.63. The number of likely N-dealkylation sites (tertiary alicyclic amines) is 1. The third-order valence-corrected chi connectivity index (χ3v) is 4.81. The van der Waals surface area contributed by atoms with Gasteiger partial charge in [-0.25, -0.2) is 0 Å². The molecule has 1 aliphatic carbocycles. The summed E-state index contributed by atoms with van der Waals surface area (Å²) in [4.78, 5) is 2.63. The molecule has 1 nitrogen and oxygen atoms in total. The van der Waals surface area contributed by atoms with Gasteiger partial charge in [0.1, 0.15) is 0 Å². The first kappa shape index (κ1) is 11.3. The van der Waals surface area contributed by atoms with Crippen LogP contribution in [-0.2, 0) is 0 Å². The van der Waals surface area contributed by atoms with E-state index in [1.807, 2.05) is 0 Å². The highest BCUT2D eigenvalue weighted by molar-refractivity contribution is 5.22. The van der Waals surface area contributed by atoms with E-state index in [4.69, 9.17) is 0 Å². The van der Waals surface area contributed by atoms with Crippen molar-refractivity contribution in [2.75, 3.05) is 13.6 Å². The van der Waals surface area contributed by atoms with Crippen LogP contribution in [-0.4, -0.2) is 24.5 Å². The zero-order valence-corrected chi connectivity index (χ0v) is 10.8. The van der Waals surface area contributed by atoms with E-state index in [1.165, 1.54) is 38.6 Å². The number of hydrogen-bond acceptors (Lipinski definition) is 1. The van der Waals surface area contributed by atoms with Crippen LogP contribution >= 0.6 is 0 Å². The number of rotatable bonds is 1. The number of benzene rings is 1. The molecule has 2 aliphatic rings. The van der Waals surface area contributed by atoms with E-state index in [0.717, 1.165) is 17.9 Å². The Kier molecular flexibility index (Phi) is 3.19. The molecule has 2 fully saturated rings. The van der Waals surface area contributed by atoms with Gasteiger partial charge in [0.15, 0.2) is 0 Å². The lowest BCUT2D eigenvalue weighted by molar-refractivity contribution is 0.0658. The molecule has 3 atom stereocenters. The number of piperidine rings is 1. The summed E-state index contributed by atoms with van der Waals surface area (Å²) in [6.45, 7) is 1.30. The van der Waals surface area contributed by atoms with E-state index in [0.29, 0.717) is 0 Å². The molecular weight excluding hydrogens is 206 g/mol. The molecule has 1 aromatic carbocycles. The van der Waals surface area contributed by atoms with Crippen LogP contribution in [0.1, 0.15) is 43.6 Å². The first-order chi connectivity index (χ1) is 8.36. The van der Waals surface area contributed by atoms with Crippen molar-refractivity contribution in [3.8, 4) is 0 Å². The van der Waals surface area contributed by atoms with Crippen LogP contribution in [0, 0.1) is 5.92 Å². The number of nitrogens with zero attached hydrogens (tertiary/aromatic N) is 1. The predicted octanol–water partition coefficient (Wildman–Crippen LogP) is 3.66. The zero-order valence-electron chi connectivity index (χ0n) is 10.8. The SMILES string of the molecule is CN1CCC[C@@H]2CCC[C@H](c3ccccc3)[C@H]21. The molecule has 92 valence electrons. The zero-order chi connectivity index (χ0) is 11.7. The summed E-state index contributed by atoms with van der Waals surface area (Å²) in [6.07, 6.45) is 7.12. The fraction of sp³-hybridized carbons (Fsp3) is 0.625. The van der Waals surface area contributed by atoms with Crippen LogP contribution in [0.4, 0.5) is 0 Å². The van der Waals surface area contributed by atoms with Crippen LogP contribution in [0.15, 0.2) is 30.3 Å². The normalized spacial score (nSPS) is 34.3. The molecular formula is C16H23N. The van der Waals surface area contributed by atoms with Gasteiger partial charge in [-0.05, 0) is 56.7 Å². The van der Waals surface area contributed by atoms with E-state index < -0.39 is 0 Å². The molecule has 1 heteroatoms. The van der Waals surface area contributed by atoms with Gasteiger partial charge in [0.2, 0.25) is 0 Å². The monoisotopic (exact) mass is 229 g/mol. The molecule has 0 unspecified atom stereocenters. The second-order valence-electron chi connectivity index (χ2n) is 5.82. The summed E-state index contributed by atoms with van der Waals surface area (Å²) in [6, 6.07) is 12.0. The Morgan fingerprint density at radius 2 is 1.76 bits per heavy atom. The molecule has 1 saturated heterocycles.